The zero-order valence-electron chi connectivity index (χ0n) is 17.0. The number of aromatic nitrogens is 4. The molecule has 0 unspecified atom stereocenters. The molecule has 3 rings (SSSR count). The van der Waals surface area contributed by atoms with Gasteiger partial charge in [-0.1, -0.05) is 23.2 Å². The number of halogens is 2. The van der Waals surface area contributed by atoms with Gasteiger partial charge in [0.15, 0.2) is 6.61 Å². The first-order valence-electron chi connectivity index (χ1n) is 9.14. The van der Waals surface area contributed by atoms with Crippen molar-refractivity contribution in [3.63, 3.8) is 0 Å². The number of carbonyl (C=O) groups excluding carboxylic acids is 2. The Labute approximate surface area is 193 Å². The van der Waals surface area contributed by atoms with Gasteiger partial charge >= 0.3 is 5.97 Å². The fourth-order valence-electron chi connectivity index (χ4n) is 2.63. The smallest absolute Gasteiger partial charge is 0.316 e. The molecule has 11 heteroatoms. The molecular weight excluding hydrogens is 461 g/mol. The number of nitrogens with one attached hydrogen (secondary N) is 1. The Morgan fingerprint density at radius 1 is 1.06 bits per heavy atom. The highest BCUT2D eigenvalue weighted by Crippen LogP contribution is 2.29. The maximum absolute atomic E-state index is 12.3. The first kappa shape index (κ1) is 23.1. The lowest BCUT2D eigenvalue weighted by Crippen LogP contribution is -2.23. The molecule has 0 spiro atoms. The molecule has 2 heterocycles. The van der Waals surface area contributed by atoms with Gasteiger partial charge in [-0.25, -0.2) is 9.97 Å². The summed E-state index contributed by atoms with van der Waals surface area (Å²) >= 11 is 13.2. The van der Waals surface area contributed by atoms with Crippen molar-refractivity contribution in [2.24, 2.45) is 0 Å². The van der Waals surface area contributed by atoms with Crippen LogP contribution in [0.4, 0.5) is 5.82 Å². The first-order valence-corrected chi connectivity index (χ1v) is 10.9. The van der Waals surface area contributed by atoms with Crippen LogP contribution in [0.3, 0.4) is 0 Å². The molecule has 162 valence electrons. The van der Waals surface area contributed by atoms with E-state index in [-0.39, 0.29) is 5.75 Å². The van der Waals surface area contributed by atoms with Gasteiger partial charge in [-0.2, -0.15) is 9.78 Å². The third-order valence-corrected chi connectivity index (χ3v) is 5.57. The Kier molecular flexibility index (Phi) is 7.53. The molecule has 0 saturated heterocycles. The van der Waals surface area contributed by atoms with Crippen LogP contribution in [0, 0.1) is 20.8 Å². The van der Waals surface area contributed by atoms with Crippen molar-refractivity contribution < 1.29 is 14.3 Å². The Bertz CT molecular complexity index is 1120. The Balaban J connectivity index is 1.57. The summed E-state index contributed by atoms with van der Waals surface area (Å²) < 4.78 is 6.49. The van der Waals surface area contributed by atoms with E-state index in [1.54, 1.807) is 31.2 Å². The van der Waals surface area contributed by atoms with Crippen LogP contribution in [-0.4, -0.2) is 44.0 Å². The number of amides is 1. The fraction of sp³-hybridized carbons (Fsp3) is 0.250. The number of nitrogens with zero attached hydrogens (tertiary/aromatic N) is 4. The van der Waals surface area contributed by atoms with Crippen LogP contribution in [-0.2, 0) is 14.3 Å². The van der Waals surface area contributed by atoms with Crippen LogP contribution >= 0.6 is 35.0 Å². The van der Waals surface area contributed by atoms with Crippen LogP contribution in [0.15, 0.2) is 35.2 Å². The number of hydrogen-bond donors (Lipinski definition) is 1. The van der Waals surface area contributed by atoms with Gasteiger partial charge < -0.3 is 10.1 Å². The fourth-order valence-corrected chi connectivity index (χ4v) is 3.93. The van der Waals surface area contributed by atoms with Gasteiger partial charge in [0.25, 0.3) is 11.9 Å². The van der Waals surface area contributed by atoms with Crippen molar-refractivity contribution in [3.8, 4) is 5.95 Å². The minimum absolute atomic E-state index is 0.0131. The normalized spacial score (nSPS) is 10.7. The molecule has 1 N–H and O–H groups in total. The zero-order valence-corrected chi connectivity index (χ0v) is 19.3. The number of anilines is 1. The van der Waals surface area contributed by atoms with E-state index in [1.165, 1.54) is 16.4 Å². The highest BCUT2D eigenvalue weighted by Gasteiger charge is 2.15. The van der Waals surface area contributed by atoms with E-state index in [0.29, 0.717) is 32.4 Å². The number of hydrogen-bond acceptors (Lipinski definition) is 7. The predicted octanol–water partition coefficient (Wildman–Crippen LogP) is 4.17. The summed E-state index contributed by atoms with van der Waals surface area (Å²) in [5.74, 6) is -0.361. The molecule has 0 aliphatic carbocycles. The van der Waals surface area contributed by atoms with E-state index < -0.39 is 18.5 Å². The quantitative estimate of drug-likeness (QED) is 0.400. The molecule has 0 saturated carbocycles. The second kappa shape index (κ2) is 10.1. The van der Waals surface area contributed by atoms with Crippen LogP contribution in [0.1, 0.15) is 17.1 Å². The van der Waals surface area contributed by atoms with Gasteiger partial charge in [-0.05, 0) is 45.0 Å². The molecule has 3 aromatic rings. The number of ether oxygens (including phenoxy) is 1. The molecule has 2 aromatic heterocycles. The second-order valence-corrected chi connectivity index (χ2v) is 8.47. The van der Waals surface area contributed by atoms with E-state index in [1.807, 2.05) is 19.9 Å². The summed E-state index contributed by atoms with van der Waals surface area (Å²) in [5, 5.41) is 8.00. The Morgan fingerprint density at radius 3 is 2.48 bits per heavy atom. The summed E-state index contributed by atoms with van der Waals surface area (Å²) in [6.07, 6.45) is 0. The maximum Gasteiger partial charge on any atom is 0.316 e. The second-order valence-electron chi connectivity index (χ2n) is 6.61. The summed E-state index contributed by atoms with van der Waals surface area (Å²) in [6.45, 7) is 5.04. The number of carbonyl (C=O) groups is 2. The summed E-state index contributed by atoms with van der Waals surface area (Å²) in [4.78, 5) is 33.7. The SMILES string of the molecule is Cc1cc(C)nc(-n2nc(C)cc2NC(=O)COC(=O)CSc2cc(Cl)ccc2Cl)n1. The minimum Gasteiger partial charge on any atom is -0.455 e. The van der Waals surface area contributed by atoms with Crippen LogP contribution in [0.25, 0.3) is 5.95 Å². The number of aryl methyl sites for hydroxylation is 3. The summed E-state index contributed by atoms with van der Waals surface area (Å²) in [7, 11) is 0. The van der Waals surface area contributed by atoms with Crippen LogP contribution in [0.2, 0.25) is 10.0 Å². The van der Waals surface area contributed by atoms with Crippen molar-refractivity contribution in [1.29, 1.82) is 0 Å². The third-order valence-electron chi connectivity index (χ3n) is 3.86. The van der Waals surface area contributed by atoms with E-state index >= 15 is 0 Å². The molecule has 0 atom stereocenters. The van der Waals surface area contributed by atoms with Gasteiger partial charge in [0.1, 0.15) is 5.82 Å². The molecular formula is C20H19Cl2N5O3S. The summed E-state index contributed by atoms with van der Waals surface area (Å²) in [6, 6.07) is 8.48. The average molecular weight is 480 g/mol. The standard InChI is InChI=1S/C20H19Cl2N5O3S/c1-11-6-12(2)24-20(23-11)27-17(7-13(3)26-27)25-18(28)9-30-19(29)10-31-16-8-14(21)4-5-15(16)22/h4-8H,9-10H2,1-3H3,(H,25,28). The van der Waals surface area contributed by atoms with Crippen LogP contribution in [0.5, 0.6) is 0 Å². The highest BCUT2D eigenvalue weighted by atomic mass is 35.5. The van der Waals surface area contributed by atoms with Crippen molar-refractivity contribution in [3.05, 3.63) is 57.5 Å². The zero-order chi connectivity index (χ0) is 22.5. The Hall–Kier alpha value is -2.62. The lowest BCUT2D eigenvalue weighted by Gasteiger charge is -2.09. The molecule has 1 amide bonds. The van der Waals surface area contributed by atoms with E-state index in [0.717, 1.165) is 11.4 Å². The molecule has 0 fully saturated rings. The van der Waals surface area contributed by atoms with Crippen LogP contribution < -0.4 is 5.32 Å². The van der Waals surface area contributed by atoms with Gasteiger partial charge in [0, 0.05) is 27.4 Å². The van der Waals surface area contributed by atoms with Crippen molar-refractivity contribution in [2.75, 3.05) is 17.7 Å². The summed E-state index contributed by atoms with van der Waals surface area (Å²) in [5.41, 5.74) is 2.23. The topological polar surface area (TPSA) is 99.0 Å². The van der Waals surface area contributed by atoms with Gasteiger partial charge in [-0.15, -0.1) is 11.8 Å². The first-order chi connectivity index (χ1) is 14.7. The third kappa shape index (κ3) is 6.43. The van der Waals surface area contributed by atoms with Gasteiger partial charge in [0.2, 0.25) is 0 Å². The molecule has 0 bridgehead atoms. The molecule has 8 nitrogen and oxygen atoms in total. The molecule has 31 heavy (non-hydrogen) atoms. The largest absolute Gasteiger partial charge is 0.455 e. The van der Waals surface area contributed by atoms with E-state index in [9.17, 15) is 9.59 Å². The molecule has 0 aliphatic rings. The van der Waals surface area contributed by atoms with Crippen molar-refractivity contribution in [1.82, 2.24) is 19.7 Å². The minimum atomic E-state index is -0.557. The van der Waals surface area contributed by atoms with E-state index in [2.05, 4.69) is 20.4 Å². The lowest BCUT2D eigenvalue weighted by atomic mass is 10.4. The molecule has 1 aromatic carbocycles. The number of esters is 1. The molecule has 0 aliphatic heterocycles. The highest BCUT2D eigenvalue weighted by molar-refractivity contribution is 8.00. The van der Waals surface area contributed by atoms with Gasteiger partial charge in [0.05, 0.1) is 16.5 Å². The number of thioether (sulfide) groups is 1. The van der Waals surface area contributed by atoms with Crippen molar-refractivity contribution in [2.45, 2.75) is 25.7 Å². The monoisotopic (exact) mass is 479 g/mol. The predicted molar refractivity (Wildman–Crippen MR) is 120 cm³/mol. The lowest BCUT2D eigenvalue weighted by molar-refractivity contribution is -0.144. The maximum atomic E-state index is 12.3. The number of rotatable bonds is 7. The van der Waals surface area contributed by atoms with E-state index in [4.69, 9.17) is 27.9 Å². The van der Waals surface area contributed by atoms with Gasteiger partial charge in [-0.3, -0.25) is 9.59 Å². The van der Waals surface area contributed by atoms with Crippen molar-refractivity contribution >= 4 is 52.7 Å². The Morgan fingerprint density at radius 2 is 1.77 bits per heavy atom. The number of benzene rings is 1. The molecule has 0 radical (unpaired) electrons. The average Bonchev–Trinajstić information content (AvgIpc) is 3.06.